The lowest BCUT2D eigenvalue weighted by atomic mass is 9.83. The minimum atomic E-state index is -0.298. The molecule has 0 bridgehead atoms. The van der Waals surface area contributed by atoms with E-state index in [1.54, 1.807) is 6.33 Å². The number of nitrogens with one attached hydrogen (secondary N) is 1. The molecule has 9 heteroatoms. The maximum absolute atomic E-state index is 9.69. The summed E-state index contributed by atoms with van der Waals surface area (Å²) in [5, 5.41) is 15.4. The van der Waals surface area contributed by atoms with Crippen LogP contribution < -0.4 is 4.74 Å². The van der Waals surface area contributed by atoms with Gasteiger partial charge in [0.2, 0.25) is 0 Å². The summed E-state index contributed by atoms with van der Waals surface area (Å²) < 4.78 is 8.04. The Balaban J connectivity index is 0.963. The van der Waals surface area contributed by atoms with Crippen LogP contribution in [-0.4, -0.2) is 66.8 Å². The van der Waals surface area contributed by atoms with Crippen LogP contribution in [-0.2, 0) is 12.1 Å². The van der Waals surface area contributed by atoms with Gasteiger partial charge in [-0.2, -0.15) is 10.4 Å². The maximum atomic E-state index is 9.69. The Labute approximate surface area is 239 Å². The first-order chi connectivity index (χ1) is 20.2. The van der Waals surface area contributed by atoms with Crippen molar-refractivity contribution in [2.24, 2.45) is 0 Å². The van der Waals surface area contributed by atoms with Crippen molar-refractivity contribution in [3.05, 3.63) is 91.1 Å². The summed E-state index contributed by atoms with van der Waals surface area (Å²) in [5.74, 6) is 1.72. The molecule has 3 aromatic heterocycles. The van der Waals surface area contributed by atoms with Crippen molar-refractivity contribution >= 4 is 11.0 Å². The Morgan fingerprint density at radius 2 is 1.83 bits per heavy atom. The molecule has 0 unspecified atom stereocenters. The van der Waals surface area contributed by atoms with Gasteiger partial charge in [-0.05, 0) is 61.8 Å². The number of aromatic amines is 1. The lowest BCUT2D eigenvalue weighted by Crippen LogP contribution is -2.66. The minimum Gasteiger partial charge on any atom is -0.457 e. The zero-order valence-corrected chi connectivity index (χ0v) is 22.9. The Morgan fingerprint density at radius 1 is 1.00 bits per heavy atom. The molecule has 41 heavy (non-hydrogen) atoms. The van der Waals surface area contributed by atoms with Crippen LogP contribution >= 0.6 is 0 Å². The van der Waals surface area contributed by atoms with Gasteiger partial charge in [0.25, 0.3) is 0 Å². The maximum Gasteiger partial charge on any atom is 0.141 e. The Kier molecular flexibility index (Phi) is 6.71. The van der Waals surface area contributed by atoms with Crippen molar-refractivity contribution < 1.29 is 4.74 Å². The standard InChI is InChI=1S/C32H32N8O/c33-13-12-32(40-20-25(18-37-40)30-29-9-14-34-31(29)36-23-35-30)21-39(22-32)26-10-15-38(16-11-26)19-24-5-4-8-28(17-24)41-27-6-2-1-3-7-27/h1-9,14,17-18,20,23,26H,10-12,15-16,19,21-22H2,(H,34,35,36). The van der Waals surface area contributed by atoms with E-state index in [1.165, 1.54) is 5.56 Å². The monoisotopic (exact) mass is 544 g/mol. The second-order valence-electron chi connectivity index (χ2n) is 11.2. The molecule has 206 valence electrons. The summed E-state index contributed by atoms with van der Waals surface area (Å²) in [6.07, 6.45) is 10.0. The molecule has 5 heterocycles. The number of likely N-dealkylation sites (tertiary alicyclic amines) is 2. The molecule has 7 rings (SSSR count). The summed E-state index contributed by atoms with van der Waals surface area (Å²) in [5.41, 5.74) is 3.58. The fourth-order valence-electron chi connectivity index (χ4n) is 6.29. The fraction of sp³-hybridized carbons (Fsp3) is 0.312. The molecule has 0 amide bonds. The highest BCUT2D eigenvalue weighted by Crippen LogP contribution is 2.37. The molecule has 0 radical (unpaired) electrons. The lowest BCUT2D eigenvalue weighted by molar-refractivity contribution is -0.0436. The highest BCUT2D eigenvalue weighted by molar-refractivity contribution is 5.90. The largest absolute Gasteiger partial charge is 0.457 e. The average Bonchev–Trinajstić information content (AvgIpc) is 3.67. The quantitative estimate of drug-likeness (QED) is 0.287. The van der Waals surface area contributed by atoms with Gasteiger partial charge in [0.05, 0.1) is 24.4 Å². The van der Waals surface area contributed by atoms with Crippen LogP contribution in [0.25, 0.3) is 22.3 Å². The van der Waals surface area contributed by atoms with Crippen molar-refractivity contribution in [1.82, 2.24) is 34.5 Å². The number of hydrogen-bond donors (Lipinski definition) is 1. The van der Waals surface area contributed by atoms with Gasteiger partial charge in [-0.3, -0.25) is 14.5 Å². The molecule has 0 spiro atoms. The molecule has 0 atom stereocenters. The van der Waals surface area contributed by atoms with Gasteiger partial charge in [0.1, 0.15) is 29.0 Å². The molecule has 2 aromatic carbocycles. The number of aromatic nitrogens is 5. The van der Waals surface area contributed by atoms with E-state index >= 15 is 0 Å². The number of nitriles is 1. The van der Waals surface area contributed by atoms with Crippen molar-refractivity contribution in [3.63, 3.8) is 0 Å². The van der Waals surface area contributed by atoms with Crippen LogP contribution in [0, 0.1) is 11.3 Å². The van der Waals surface area contributed by atoms with Crippen molar-refractivity contribution in [3.8, 4) is 28.8 Å². The number of para-hydroxylation sites is 1. The number of fused-ring (bicyclic) bond motifs is 1. The van der Waals surface area contributed by atoms with Crippen LogP contribution in [0.15, 0.2) is 85.6 Å². The highest BCUT2D eigenvalue weighted by Gasteiger charge is 2.48. The molecule has 0 saturated carbocycles. The van der Waals surface area contributed by atoms with Crippen LogP contribution in [0.3, 0.4) is 0 Å². The number of hydrogen-bond acceptors (Lipinski definition) is 7. The second kappa shape index (κ2) is 10.8. The topological polar surface area (TPSA) is 98.9 Å². The number of benzene rings is 2. The van der Waals surface area contributed by atoms with Crippen LogP contribution in [0.5, 0.6) is 11.5 Å². The number of piperidine rings is 1. The van der Waals surface area contributed by atoms with Gasteiger partial charge in [-0.25, -0.2) is 9.97 Å². The first-order valence-electron chi connectivity index (χ1n) is 14.2. The van der Waals surface area contributed by atoms with Gasteiger partial charge < -0.3 is 9.72 Å². The van der Waals surface area contributed by atoms with E-state index in [1.807, 2.05) is 65.7 Å². The molecular weight excluding hydrogens is 512 g/mol. The average molecular weight is 545 g/mol. The van der Waals surface area contributed by atoms with Crippen LogP contribution in [0.1, 0.15) is 24.8 Å². The Hall–Kier alpha value is -4.52. The van der Waals surface area contributed by atoms with E-state index in [-0.39, 0.29) is 5.54 Å². The van der Waals surface area contributed by atoms with E-state index in [4.69, 9.17) is 9.84 Å². The predicted octanol–water partition coefficient (Wildman–Crippen LogP) is 5.20. The SMILES string of the molecule is N#CCC1(n2cc(-c3ncnc4[nH]ccc34)cn2)CN(C2CCN(Cc3cccc(Oc4ccccc4)c3)CC2)C1. The molecule has 2 aliphatic heterocycles. The lowest BCUT2D eigenvalue weighted by Gasteiger charge is -2.53. The normalized spacial score (nSPS) is 17.7. The van der Waals surface area contributed by atoms with Gasteiger partial charge in [0, 0.05) is 49.0 Å². The molecule has 2 fully saturated rings. The number of nitrogens with zero attached hydrogens (tertiary/aromatic N) is 7. The fourth-order valence-corrected chi connectivity index (χ4v) is 6.29. The third kappa shape index (κ3) is 5.08. The summed E-state index contributed by atoms with van der Waals surface area (Å²) in [7, 11) is 0. The summed E-state index contributed by atoms with van der Waals surface area (Å²) in [4.78, 5) is 17.0. The van der Waals surface area contributed by atoms with E-state index in [0.29, 0.717) is 12.5 Å². The van der Waals surface area contributed by atoms with E-state index in [9.17, 15) is 5.26 Å². The molecule has 5 aromatic rings. The molecule has 2 saturated heterocycles. The van der Waals surface area contributed by atoms with Gasteiger partial charge in [-0.15, -0.1) is 0 Å². The zero-order chi connectivity index (χ0) is 27.6. The number of H-pyrrole nitrogens is 1. The molecule has 2 aliphatic rings. The number of rotatable bonds is 8. The van der Waals surface area contributed by atoms with E-state index < -0.39 is 0 Å². The first-order valence-corrected chi connectivity index (χ1v) is 14.2. The third-order valence-electron chi connectivity index (χ3n) is 8.46. The molecule has 0 aliphatic carbocycles. The summed E-state index contributed by atoms with van der Waals surface area (Å²) in [6.45, 7) is 4.72. The van der Waals surface area contributed by atoms with E-state index in [2.05, 4.69) is 49.0 Å². The Bertz CT molecular complexity index is 1670. The van der Waals surface area contributed by atoms with E-state index in [0.717, 1.165) is 79.4 Å². The van der Waals surface area contributed by atoms with Gasteiger partial charge >= 0.3 is 0 Å². The Morgan fingerprint density at radius 3 is 2.66 bits per heavy atom. The zero-order valence-electron chi connectivity index (χ0n) is 22.9. The summed E-state index contributed by atoms with van der Waals surface area (Å²) in [6, 6.07) is 23.3. The number of ether oxygens (including phenoxy) is 1. The first kappa shape index (κ1) is 25.4. The molecule has 9 nitrogen and oxygen atoms in total. The predicted molar refractivity (Wildman–Crippen MR) is 156 cm³/mol. The minimum absolute atomic E-state index is 0.298. The van der Waals surface area contributed by atoms with Crippen molar-refractivity contribution in [2.75, 3.05) is 26.2 Å². The van der Waals surface area contributed by atoms with Crippen molar-refractivity contribution in [1.29, 1.82) is 5.26 Å². The summed E-state index contributed by atoms with van der Waals surface area (Å²) >= 11 is 0. The third-order valence-corrected chi connectivity index (χ3v) is 8.46. The van der Waals surface area contributed by atoms with Crippen LogP contribution in [0.4, 0.5) is 0 Å². The van der Waals surface area contributed by atoms with Gasteiger partial charge in [0.15, 0.2) is 0 Å². The molecular formula is C32H32N8O. The second-order valence-corrected chi connectivity index (χ2v) is 11.2. The molecule has 1 N–H and O–H groups in total. The smallest absolute Gasteiger partial charge is 0.141 e. The van der Waals surface area contributed by atoms with Crippen molar-refractivity contribution in [2.45, 2.75) is 37.4 Å². The van der Waals surface area contributed by atoms with Gasteiger partial charge in [-0.1, -0.05) is 30.3 Å². The van der Waals surface area contributed by atoms with Crippen LogP contribution in [0.2, 0.25) is 0 Å². The highest BCUT2D eigenvalue weighted by atomic mass is 16.5.